The minimum absolute atomic E-state index is 0.155. The predicted octanol–water partition coefficient (Wildman–Crippen LogP) is 3.11. The summed E-state index contributed by atoms with van der Waals surface area (Å²) < 4.78 is 15.2. The largest absolute Gasteiger partial charge is 0.278 e. The van der Waals surface area contributed by atoms with Crippen LogP contribution in [-0.2, 0) is 4.84 Å². The maximum atomic E-state index is 13.6. The van der Waals surface area contributed by atoms with Gasteiger partial charge in [0, 0.05) is 18.1 Å². The molecule has 0 bridgehead atoms. The summed E-state index contributed by atoms with van der Waals surface area (Å²) in [4.78, 5) is 31.2. The molecular formula is C17H15FN2O3S. The second-order valence-corrected chi connectivity index (χ2v) is 6.17. The number of hydroxylamine groups is 2. The van der Waals surface area contributed by atoms with E-state index in [0.29, 0.717) is 10.4 Å². The second kappa shape index (κ2) is 6.18. The van der Waals surface area contributed by atoms with E-state index in [4.69, 9.17) is 4.84 Å². The van der Waals surface area contributed by atoms with Crippen molar-refractivity contribution in [3.8, 4) is 11.1 Å². The molecule has 0 N–H and O–H groups in total. The lowest BCUT2D eigenvalue weighted by molar-refractivity contribution is -0.0756. The number of hydrogen-bond acceptors (Lipinski definition) is 4. The van der Waals surface area contributed by atoms with E-state index in [0.717, 1.165) is 10.8 Å². The third-order valence-electron chi connectivity index (χ3n) is 3.78. The van der Waals surface area contributed by atoms with Crippen molar-refractivity contribution in [2.75, 3.05) is 14.2 Å². The van der Waals surface area contributed by atoms with Crippen LogP contribution in [0, 0.1) is 12.7 Å². The highest BCUT2D eigenvalue weighted by Crippen LogP contribution is 2.26. The van der Waals surface area contributed by atoms with E-state index in [1.54, 1.807) is 12.1 Å². The molecule has 0 aliphatic heterocycles. The van der Waals surface area contributed by atoms with Crippen LogP contribution in [0.1, 0.15) is 16.1 Å². The molecule has 2 aromatic heterocycles. The Kier molecular flexibility index (Phi) is 4.21. The third-order valence-corrected chi connectivity index (χ3v) is 4.78. The molecule has 0 unspecified atom stereocenters. The van der Waals surface area contributed by atoms with Gasteiger partial charge in [0.2, 0.25) is 0 Å². The molecule has 0 spiro atoms. The van der Waals surface area contributed by atoms with Crippen LogP contribution in [0.15, 0.2) is 40.5 Å². The number of benzene rings is 1. The molecule has 1 amide bonds. The Balaban J connectivity index is 2.39. The summed E-state index contributed by atoms with van der Waals surface area (Å²) in [5, 5.41) is 2.87. The molecule has 0 aliphatic rings. The topological polar surface area (TPSA) is 51.0 Å². The van der Waals surface area contributed by atoms with Gasteiger partial charge in [0.1, 0.15) is 10.6 Å². The van der Waals surface area contributed by atoms with E-state index < -0.39 is 11.7 Å². The quantitative estimate of drug-likeness (QED) is 0.685. The summed E-state index contributed by atoms with van der Waals surface area (Å²) in [6.07, 6.45) is 0. The van der Waals surface area contributed by atoms with Crippen molar-refractivity contribution >= 4 is 22.1 Å². The molecular weight excluding hydrogens is 331 g/mol. The lowest BCUT2D eigenvalue weighted by atomic mass is 10.0. The molecule has 0 atom stereocenters. The standard InChI is InChI=1S/C17H15FN2O3S/c1-10-9-24-14-8-13(16(21)19(2)23-3)15(17(22)20(10)14)11-5-4-6-12(18)7-11/h4-9H,1-3H3. The Morgan fingerprint density at radius 1 is 1.33 bits per heavy atom. The average molecular weight is 346 g/mol. The van der Waals surface area contributed by atoms with Gasteiger partial charge in [-0.3, -0.25) is 18.8 Å². The second-order valence-electron chi connectivity index (χ2n) is 5.28. The van der Waals surface area contributed by atoms with Crippen LogP contribution in [-0.4, -0.2) is 29.5 Å². The molecule has 7 heteroatoms. The van der Waals surface area contributed by atoms with E-state index in [1.807, 2.05) is 12.3 Å². The summed E-state index contributed by atoms with van der Waals surface area (Å²) in [5.41, 5.74) is 1.09. The number of hydrogen-bond donors (Lipinski definition) is 0. The van der Waals surface area contributed by atoms with Crippen molar-refractivity contribution in [3.63, 3.8) is 0 Å². The van der Waals surface area contributed by atoms with Crippen molar-refractivity contribution in [2.45, 2.75) is 6.92 Å². The zero-order chi connectivity index (χ0) is 17.4. The number of fused-ring (bicyclic) bond motifs is 1. The number of rotatable bonds is 3. The zero-order valence-electron chi connectivity index (χ0n) is 13.4. The Morgan fingerprint density at radius 2 is 2.08 bits per heavy atom. The number of aromatic nitrogens is 1. The van der Waals surface area contributed by atoms with Crippen LogP contribution in [0.4, 0.5) is 4.39 Å². The van der Waals surface area contributed by atoms with Gasteiger partial charge in [-0.25, -0.2) is 9.45 Å². The molecule has 0 radical (unpaired) electrons. The number of halogens is 1. The number of thiazole rings is 1. The van der Waals surface area contributed by atoms with E-state index >= 15 is 0 Å². The maximum Gasteiger partial charge on any atom is 0.278 e. The molecule has 2 heterocycles. The first-order chi connectivity index (χ1) is 11.4. The maximum absolute atomic E-state index is 13.6. The van der Waals surface area contributed by atoms with Crippen molar-refractivity contribution in [3.05, 3.63) is 63.1 Å². The van der Waals surface area contributed by atoms with E-state index in [1.165, 1.54) is 48.1 Å². The smallest absolute Gasteiger partial charge is 0.274 e. The molecule has 5 nitrogen and oxygen atoms in total. The molecule has 3 aromatic rings. The lowest BCUT2D eigenvalue weighted by Crippen LogP contribution is -2.29. The molecule has 0 aliphatic carbocycles. The normalized spacial score (nSPS) is 11.0. The number of carbonyl (C=O) groups is 1. The molecule has 0 saturated carbocycles. The molecule has 24 heavy (non-hydrogen) atoms. The summed E-state index contributed by atoms with van der Waals surface area (Å²) in [5.74, 6) is -0.944. The number of nitrogens with zero attached hydrogens (tertiary/aromatic N) is 2. The number of amides is 1. The van der Waals surface area contributed by atoms with Crippen molar-refractivity contribution in [1.29, 1.82) is 0 Å². The van der Waals surface area contributed by atoms with Gasteiger partial charge < -0.3 is 0 Å². The fourth-order valence-electron chi connectivity index (χ4n) is 2.55. The summed E-state index contributed by atoms with van der Waals surface area (Å²) in [7, 11) is 2.82. The minimum atomic E-state index is -0.475. The monoisotopic (exact) mass is 346 g/mol. The van der Waals surface area contributed by atoms with Crippen LogP contribution in [0.3, 0.4) is 0 Å². The highest BCUT2D eigenvalue weighted by atomic mass is 32.1. The van der Waals surface area contributed by atoms with Gasteiger partial charge in [-0.15, -0.1) is 11.3 Å². The molecule has 0 saturated heterocycles. The Labute approximate surface area is 141 Å². The first-order valence-electron chi connectivity index (χ1n) is 7.16. The van der Waals surface area contributed by atoms with Crippen LogP contribution in [0.2, 0.25) is 0 Å². The van der Waals surface area contributed by atoms with Gasteiger partial charge in [-0.2, -0.15) is 0 Å². The van der Waals surface area contributed by atoms with Crippen molar-refractivity contribution in [1.82, 2.24) is 9.46 Å². The zero-order valence-corrected chi connectivity index (χ0v) is 14.2. The SMILES string of the molecule is CON(C)C(=O)c1cc2scc(C)n2c(=O)c1-c1cccc(F)c1. The molecule has 3 rings (SSSR count). The van der Waals surface area contributed by atoms with E-state index in [-0.39, 0.29) is 16.7 Å². The highest BCUT2D eigenvalue weighted by Gasteiger charge is 2.23. The van der Waals surface area contributed by atoms with Crippen molar-refractivity contribution in [2.24, 2.45) is 0 Å². The fourth-order valence-corrected chi connectivity index (χ4v) is 3.47. The Bertz CT molecular complexity index is 993. The van der Waals surface area contributed by atoms with Gasteiger partial charge in [-0.1, -0.05) is 12.1 Å². The van der Waals surface area contributed by atoms with Crippen LogP contribution < -0.4 is 5.56 Å². The third kappa shape index (κ3) is 2.61. The molecule has 0 fully saturated rings. The van der Waals surface area contributed by atoms with Gasteiger partial charge in [0.15, 0.2) is 0 Å². The fraction of sp³-hybridized carbons (Fsp3) is 0.176. The van der Waals surface area contributed by atoms with Gasteiger partial charge in [-0.05, 0) is 30.7 Å². The number of pyridine rings is 1. The number of carbonyl (C=O) groups excluding carboxylic acids is 1. The van der Waals surface area contributed by atoms with Crippen molar-refractivity contribution < 1.29 is 14.0 Å². The van der Waals surface area contributed by atoms with Gasteiger partial charge in [0.05, 0.1) is 18.2 Å². The van der Waals surface area contributed by atoms with E-state index in [2.05, 4.69) is 0 Å². The minimum Gasteiger partial charge on any atom is -0.274 e. The van der Waals surface area contributed by atoms with Crippen LogP contribution in [0.25, 0.3) is 16.0 Å². The highest BCUT2D eigenvalue weighted by molar-refractivity contribution is 7.15. The summed E-state index contributed by atoms with van der Waals surface area (Å²) >= 11 is 1.36. The van der Waals surface area contributed by atoms with E-state index in [9.17, 15) is 14.0 Å². The Morgan fingerprint density at radius 3 is 2.75 bits per heavy atom. The lowest BCUT2D eigenvalue weighted by Gasteiger charge is -2.16. The first-order valence-corrected chi connectivity index (χ1v) is 8.04. The summed E-state index contributed by atoms with van der Waals surface area (Å²) in [6, 6.07) is 7.29. The average Bonchev–Trinajstić information content (AvgIpc) is 2.94. The first kappa shape index (κ1) is 16.4. The Hall–Kier alpha value is -2.51. The molecule has 124 valence electrons. The number of aryl methyl sites for hydroxylation is 1. The van der Waals surface area contributed by atoms with Crippen LogP contribution in [0.5, 0.6) is 0 Å². The van der Waals surface area contributed by atoms with Crippen LogP contribution >= 0.6 is 11.3 Å². The predicted molar refractivity (Wildman–Crippen MR) is 90.8 cm³/mol. The van der Waals surface area contributed by atoms with Gasteiger partial charge in [0.25, 0.3) is 11.5 Å². The summed E-state index contributed by atoms with van der Waals surface area (Å²) in [6.45, 7) is 1.81. The van der Waals surface area contributed by atoms with Gasteiger partial charge >= 0.3 is 0 Å². The molecule has 1 aromatic carbocycles.